The van der Waals surface area contributed by atoms with E-state index in [-0.39, 0.29) is 17.5 Å². The summed E-state index contributed by atoms with van der Waals surface area (Å²) in [5.41, 5.74) is 1.78. The van der Waals surface area contributed by atoms with Crippen LogP contribution in [0.1, 0.15) is 61.0 Å². The number of rotatable bonds is 2. The van der Waals surface area contributed by atoms with E-state index in [1.54, 1.807) is 6.20 Å². The van der Waals surface area contributed by atoms with Crippen LogP contribution in [0.2, 0.25) is 0 Å². The van der Waals surface area contributed by atoms with Crippen molar-refractivity contribution in [1.82, 2.24) is 15.6 Å². The Bertz CT molecular complexity index is 503. The second-order valence-corrected chi connectivity index (χ2v) is 6.60. The molecule has 4 nitrogen and oxygen atoms in total. The van der Waals surface area contributed by atoms with Gasteiger partial charge in [0.2, 0.25) is 0 Å². The number of aromatic nitrogens is 1. The highest BCUT2D eigenvalue weighted by Crippen LogP contribution is 2.34. The molecule has 2 fully saturated rings. The summed E-state index contributed by atoms with van der Waals surface area (Å²) in [4.78, 5) is 16.6. The molecule has 1 saturated heterocycles. The van der Waals surface area contributed by atoms with Crippen molar-refractivity contribution in [2.24, 2.45) is 0 Å². The molecule has 1 aromatic rings. The van der Waals surface area contributed by atoms with Gasteiger partial charge in [0.05, 0.1) is 0 Å². The van der Waals surface area contributed by atoms with Gasteiger partial charge in [-0.25, -0.2) is 0 Å². The maximum atomic E-state index is 12.4. The summed E-state index contributed by atoms with van der Waals surface area (Å²) in [6.45, 7) is 2.94. The number of carbonyl (C=O) groups excluding carboxylic acids is 1. The molecule has 2 aliphatic rings. The van der Waals surface area contributed by atoms with Crippen LogP contribution in [-0.4, -0.2) is 29.0 Å². The molecular formula is C17H25N3O. The van der Waals surface area contributed by atoms with Crippen molar-refractivity contribution in [3.63, 3.8) is 0 Å². The Morgan fingerprint density at radius 3 is 2.95 bits per heavy atom. The minimum Gasteiger partial charge on any atom is -0.348 e. The molecular weight excluding hydrogens is 262 g/mol. The molecule has 2 heterocycles. The summed E-state index contributed by atoms with van der Waals surface area (Å²) < 4.78 is 0. The Hall–Kier alpha value is -1.42. The van der Waals surface area contributed by atoms with Crippen LogP contribution >= 0.6 is 0 Å². The molecule has 1 aliphatic heterocycles. The molecule has 0 bridgehead atoms. The molecule has 1 amide bonds. The van der Waals surface area contributed by atoms with Crippen LogP contribution in [0.5, 0.6) is 0 Å². The first-order valence-corrected chi connectivity index (χ1v) is 8.16. The van der Waals surface area contributed by atoms with Gasteiger partial charge in [-0.1, -0.05) is 25.3 Å². The van der Waals surface area contributed by atoms with E-state index in [0.29, 0.717) is 5.69 Å². The molecule has 21 heavy (non-hydrogen) atoms. The van der Waals surface area contributed by atoms with E-state index in [9.17, 15) is 4.79 Å². The molecule has 114 valence electrons. The third kappa shape index (κ3) is 3.26. The second kappa shape index (κ2) is 6.14. The van der Waals surface area contributed by atoms with E-state index in [1.807, 2.05) is 19.1 Å². The molecule has 2 N–H and O–H groups in total. The van der Waals surface area contributed by atoms with Crippen LogP contribution < -0.4 is 10.6 Å². The van der Waals surface area contributed by atoms with Crippen molar-refractivity contribution in [3.05, 3.63) is 29.6 Å². The Labute approximate surface area is 126 Å². The summed E-state index contributed by atoms with van der Waals surface area (Å²) in [5, 5.41) is 6.93. The first-order valence-electron chi connectivity index (χ1n) is 8.16. The molecule has 3 rings (SSSR count). The van der Waals surface area contributed by atoms with Gasteiger partial charge in [0.15, 0.2) is 0 Å². The number of piperidine rings is 1. The number of pyridine rings is 1. The maximum absolute atomic E-state index is 12.4. The fourth-order valence-electron chi connectivity index (χ4n) is 3.87. The fourth-order valence-corrected chi connectivity index (χ4v) is 3.87. The van der Waals surface area contributed by atoms with Gasteiger partial charge in [-0.05, 0) is 50.8 Å². The SMILES string of the molecule is Cc1cccnc1C(=O)NC1CCNC2(CCCCC2)C1. The average Bonchev–Trinajstić information content (AvgIpc) is 2.48. The summed E-state index contributed by atoms with van der Waals surface area (Å²) in [6, 6.07) is 4.08. The zero-order chi connectivity index (χ0) is 14.7. The number of aryl methyl sites for hydroxylation is 1. The van der Waals surface area contributed by atoms with Crippen molar-refractivity contribution in [2.75, 3.05) is 6.54 Å². The lowest BCUT2D eigenvalue weighted by Gasteiger charge is -2.44. The van der Waals surface area contributed by atoms with E-state index in [0.717, 1.165) is 24.9 Å². The molecule has 0 radical (unpaired) electrons. The van der Waals surface area contributed by atoms with Crippen molar-refractivity contribution < 1.29 is 4.79 Å². The molecule has 1 aromatic heterocycles. The molecule has 0 aromatic carbocycles. The minimum absolute atomic E-state index is 0.0223. The number of carbonyl (C=O) groups is 1. The molecule has 1 aliphatic carbocycles. The predicted molar refractivity (Wildman–Crippen MR) is 83.3 cm³/mol. The van der Waals surface area contributed by atoms with E-state index >= 15 is 0 Å². The van der Waals surface area contributed by atoms with E-state index in [2.05, 4.69) is 15.6 Å². The highest BCUT2D eigenvalue weighted by molar-refractivity contribution is 5.93. The van der Waals surface area contributed by atoms with Crippen LogP contribution in [0.25, 0.3) is 0 Å². The normalized spacial score (nSPS) is 24.7. The second-order valence-electron chi connectivity index (χ2n) is 6.60. The number of nitrogens with zero attached hydrogens (tertiary/aromatic N) is 1. The quantitative estimate of drug-likeness (QED) is 0.879. The Balaban J connectivity index is 1.65. The van der Waals surface area contributed by atoms with Crippen molar-refractivity contribution >= 4 is 5.91 Å². The number of hydrogen-bond donors (Lipinski definition) is 2. The lowest BCUT2D eigenvalue weighted by molar-refractivity contribution is 0.0887. The van der Waals surface area contributed by atoms with E-state index < -0.39 is 0 Å². The zero-order valence-electron chi connectivity index (χ0n) is 12.8. The third-order valence-corrected chi connectivity index (χ3v) is 5.00. The Morgan fingerprint density at radius 1 is 1.38 bits per heavy atom. The van der Waals surface area contributed by atoms with Gasteiger partial charge < -0.3 is 10.6 Å². The number of amides is 1. The van der Waals surface area contributed by atoms with Crippen LogP contribution in [0.4, 0.5) is 0 Å². The lowest BCUT2D eigenvalue weighted by atomic mass is 9.75. The predicted octanol–water partition coefficient (Wildman–Crippen LogP) is 2.57. The van der Waals surface area contributed by atoms with Gasteiger partial charge in [0, 0.05) is 17.8 Å². The Kier molecular flexibility index (Phi) is 4.24. The molecule has 1 atom stereocenters. The summed E-state index contributed by atoms with van der Waals surface area (Å²) in [7, 11) is 0. The Morgan fingerprint density at radius 2 is 2.19 bits per heavy atom. The minimum atomic E-state index is -0.0223. The molecule has 1 spiro atoms. The largest absolute Gasteiger partial charge is 0.348 e. The highest BCUT2D eigenvalue weighted by atomic mass is 16.1. The number of hydrogen-bond acceptors (Lipinski definition) is 3. The smallest absolute Gasteiger partial charge is 0.270 e. The van der Waals surface area contributed by atoms with Gasteiger partial charge in [-0.2, -0.15) is 0 Å². The van der Waals surface area contributed by atoms with Gasteiger partial charge in [0.1, 0.15) is 5.69 Å². The van der Waals surface area contributed by atoms with Crippen molar-refractivity contribution in [2.45, 2.75) is 63.5 Å². The zero-order valence-corrected chi connectivity index (χ0v) is 12.8. The topological polar surface area (TPSA) is 54.0 Å². The summed E-state index contributed by atoms with van der Waals surface area (Å²) in [5.74, 6) is -0.0223. The van der Waals surface area contributed by atoms with Crippen LogP contribution in [0, 0.1) is 6.92 Å². The summed E-state index contributed by atoms with van der Waals surface area (Å²) in [6.07, 6.45) is 10.2. The third-order valence-electron chi connectivity index (χ3n) is 5.00. The monoisotopic (exact) mass is 287 g/mol. The summed E-state index contributed by atoms with van der Waals surface area (Å²) >= 11 is 0. The van der Waals surface area contributed by atoms with Gasteiger partial charge in [-0.3, -0.25) is 9.78 Å². The standard InChI is InChI=1S/C17H25N3O/c1-13-6-5-10-18-15(13)16(21)20-14-7-11-19-17(12-14)8-3-2-4-9-17/h5-6,10,14,19H,2-4,7-9,11-12H2,1H3,(H,20,21). The molecule has 1 saturated carbocycles. The first-order chi connectivity index (χ1) is 10.2. The van der Waals surface area contributed by atoms with Gasteiger partial charge in [0.25, 0.3) is 5.91 Å². The van der Waals surface area contributed by atoms with Crippen LogP contribution in [0.3, 0.4) is 0 Å². The van der Waals surface area contributed by atoms with Gasteiger partial charge >= 0.3 is 0 Å². The van der Waals surface area contributed by atoms with Crippen molar-refractivity contribution in [1.29, 1.82) is 0 Å². The average molecular weight is 287 g/mol. The fraction of sp³-hybridized carbons (Fsp3) is 0.647. The number of nitrogens with one attached hydrogen (secondary N) is 2. The van der Waals surface area contributed by atoms with E-state index in [1.165, 1.54) is 32.1 Å². The molecule has 4 heteroatoms. The molecule has 1 unspecified atom stereocenters. The van der Waals surface area contributed by atoms with Gasteiger partial charge in [-0.15, -0.1) is 0 Å². The van der Waals surface area contributed by atoms with Crippen molar-refractivity contribution in [3.8, 4) is 0 Å². The maximum Gasteiger partial charge on any atom is 0.270 e. The van der Waals surface area contributed by atoms with Crippen LogP contribution in [0.15, 0.2) is 18.3 Å². The van der Waals surface area contributed by atoms with Crippen LogP contribution in [-0.2, 0) is 0 Å². The highest BCUT2D eigenvalue weighted by Gasteiger charge is 2.37. The first kappa shape index (κ1) is 14.5. The lowest BCUT2D eigenvalue weighted by Crippen LogP contribution is -2.57. The van der Waals surface area contributed by atoms with E-state index in [4.69, 9.17) is 0 Å².